The second kappa shape index (κ2) is 7.72. The number of hydrogen-bond donors (Lipinski definition) is 1. The van der Waals surface area contributed by atoms with E-state index < -0.39 is 0 Å². The fraction of sp³-hybridized carbons (Fsp3) is 0.222. The standard InChI is InChI=1S/C18H17ClN2O3S/c1-3-23-12-4-6-13(7-5-12)24-10-16(22)20-18-21-17-11(2)14(19)8-9-15(17)25-18/h4-9H,3,10H2,1-2H3,(H,20,21,22). The summed E-state index contributed by atoms with van der Waals surface area (Å²) in [5, 5.41) is 3.95. The number of carbonyl (C=O) groups excluding carboxylic acids is 1. The quantitative estimate of drug-likeness (QED) is 0.678. The van der Waals surface area contributed by atoms with E-state index in [4.69, 9.17) is 21.1 Å². The van der Waals surface area contributed by atoms with Crippen LogP contribution in [-0.4, -0.2) is 24.1 Å². The summed E-state index contributed by atoms with van der Waals surface area (Å²) in [5.74, 6) is 1.10. The van der Waals surface area contributed by atoms with Gasteiger partial charge in [-0.1, -0.05) is 22.9 Å². The van der Waals surface area contributed by atoms with Crippen molar-refractivity contribution in [1.29, 1.82) is 0 Å². The van der Waals surface area contributed by atoms with Crippen molar-refractivity contribution in [3.8, 4) is 11.5 Å². The van der Waals surface area contributed by atoms with Gasteiger partial charge in [-0.2, -0.15) is 0 Å². The van der Waals surface area contributed by atoms with Gasteiger partial charge in [0.05, 0.1) is 16.8 Å². The Morgan fingerprint density at radius 2 is 1.84 bits per heavy atom. The number of anilines is 1. The molecule has 1 aromatic heterocycles. The molecule has 0 aliphatic rings. The molecule has 0 aliphatic heterocycles. The van der Waals surface area contributed by atoms with Crippen LogP contribution in [0.15, 0.2) is 36.4 Å². The van der Waals surface area contributed by atoms with Gasteiger partial charge in [-0.15, -0.1) is 0 Å². The van der Waals surface area contributed by atoms with Gasteiger partial charge in [-0.25, -0.2) is 4.98 Å². The number of ether oxygens (including phenoxy) is 2. The minimum absolute atomic E-state index is 0.0936. The lowest BCUT2D eigenvalue weighted by Gasteiger charge is -2.07. The number of fused-ring (bicyclic) bond motifs is 1. The van der Waals surface area contributed by atoms with E-state index in [1.807, 2.05) is 26.0 Å². The summed E-state index contributed by atoms with van der Waals surface area (Å²) < 4.78 is 11.8. The van der Waals surface area contributed by atoms with E-state index in [0.717, 1.165) is 21.5 Å². The van der Waals surface area contributed by atoms with Crippen LogP contribution in [0.4, 0.5) is 5.13 Å². The first-order chi connectivity index (χ1) is 12.1. The highest BCUT2D eigenvalue weighted by Gasteiger charge is 2.11. The fourth-order valence-corrected chi connectivity index (χ4v) is 3.35. The molecule has 3 rings (SSSR count). The first kappa shape index (κ1) is 17.5. The molecule has 130 valence electrons. The lowest BCUT2D eigenvalue weighted by atomic mass is 10.2. The Morgan fingerprint density at radius 3 is 2.52 bits per heavy atom. The Labute approximate surface area is 154 Å². The highest BCUT2D eigenvalue weighted by molar-refractivity contribution is 7.22. The van der Waals surface area contributed by atoms with Crippen molar-refractivity contribution in [3.63, 3.8) is 0 Å². The van der Waals surface area contributed by atoms with Gasteiger partial charge >= 0.3 is 0 Å². The molecule has 5 nitrogen and oxygen atoms in total. The van der Waals surface area contributed by atoms with Crippen LogP contribution < -0.4 is 14.8 Å². The maximum atomic E-state index is 12.1. The SMILES string of the molecule is CCOc1ccc(OCC(=O)Nc2nc3c(C)c(Cl)ccc3s2)cc1. The molecule has 0 bridgehead atoms. The maximum Gasteiger partial charge on any atom is 0.264 e. The first-order valence-electron chi connectivity index (χ1n) is 7.78. The van der Waals surface area contributed by atoms with Crippen LogP contribution in [0.5, 0.6) is 11.5 Å². The summed E-state index contributed by atoms with van der Waals surface area (Å²) in [6.07, 6.45) is 0. The average molecular weight is 377 g/mol. The van der Waals surface area contributed by atoms with E-state index >= 15 is 0 Å². The Bertz CT molecular complexity index is 893. The summed E-state index contributed by atoms with van der Waals surface area (Å²) in [7, 11) is 0. The van der Waals surface area contributed by atoms with E-state index in [9.17, 15) is 4.79 Å². The van der Waals surface area contributed by atoms with Gasteiger partial charge in [0.2, 0.25) is 0 Å². The lowest BCUT2D eigenvalue weighted by molar-refractivity contribution is -0.118. The van der Waals surface area contributed by atoms with Crippen LogP contribution in [0.25, 0.3) is 10.2 Å². The fourth-order valence-electron chi connectivity index (χ4n) is 2.26. The van der Waals surface area contributed by atoms with Crippen molar-refractivity contribution < 1.29 is 14.3 Å². The number of rotatable bonds is 6. The van der Waals surface area contributed by atoms with E-state index in [2.05, 4.69) is 10.3 Å². The van der Waals surface area contributed by atoms with E-state index in [0.29, 0.717) is 22.5 Å². The van der Waals surface area contributed by atoms with Crippen molar-refractivity contribution in [2.24, 2.45) is 0 Å². The van der Waals surface area contributed by atoms with Crippen LogP contribution in [0, 0.1) is 6.92 Å². The molecule has 25 heavy (non-hydrogen) atoms. The molecule has 0 atom stereocenters. The van der Waals surface area contributed by atoms with Gasteiger partial charge in [-0.3, -0.25) is 10.1 Å². The van der Waals surface area contributed by atoms with Crippen LogP contribution in [0.1, 0.15) is 12.5 Å². The molecule has 0 spiro atoms. The summed E-state index contributed by atoms with van der Waals surface area (Å²) in [6.45, 7) is 4.34. The summed E-state index contributed by atoms with van der Waals surface area (Å²) >= 11 is 7.50. The Kier molecular flexibility index (Phi) is 5.40. The molecular formula is C18H17ClN2O3S. The third kappa shape index (κ3) is 4.21. The molecule has 1 N–H and O–H groups in total. The smallest absolute Gasteiger partial charge is 0.264 e. The van der Waals surface area contributed by atoms with Crippen LogP contribution in [-0.2, 0) is 4.79 Å². The van der Waals surface area contributed by atoms with Crippen molar-refractivity contribution in [2.75, 3.05) is 18.5 Å². The molecule has 0 fully saturated rings. The van der Waals surface area contributed by atoms with Crippen LogP contribution >= 0.6 is 22.9 Å². The van der Waals surface area contributed by atoms with Crippen molar-refractivity contribution in [2.45, 2.75) is 13.8 Å². The van der Waals surface area contributed by atoms with Gasteiger partial charge in [0, 0.05) is 5.02 Å². The average Bonchev–Trinajstić information content (AvgIpc) is 3.01. The highest BCUT2D eigenvalue weighted by atomic mass is 35.5. The summed E-state index contributed by atoms with van der Waals surface area (Å²) in [6, 6.07) is 10.9. The Hall–Kier alpha value is -2.31. The van der Waals surface area contributed by atoms with Crippen molar-refractivity contribution in [1.82, 2.24) is 4.98 Å². The zero-order valence-corrected chi connectivity index (χ0v) is 15.4. The second-order valence-electron chi connectivity index (χ2n) is 5.28. The summed E-state index contributed by atoms with van der Waals surface area (Å²) in [4.78, 5) is 16.5. The van der Waals surface area contributed by atoms with Gasteiger partial charge < -0.3 is 9.47 Å². The van der Waals surface area contributed by atoms with Crippen molar-refractivity contribution >= 4 is 44.2 Å². The monoisotopic (exact) mass is 376 g/mol. The molecule has 7 heteroatoms. The maximum absolute atomic E-state index is 12.1. The molecule has 3 aromatic rings. The van der Waals surface area contributed by atoms with Gasteiger partial charge in [-0.05, 0) is 55.8 Å². The largest absolute Gasteiger partial charge is 0.494 e. The number of thiazole rings is 1. The third-order valence-corrected chi connectivity index (χ3v) is 4.84. The minimum Gasteiger partial charge on any atom is -0.494 e. The molecule has 0 radical (unpaired) electrons. The first-order valence-corrected chi connectivity index (χ1v) is 8.97. The number of nitrogens with zero attached hydrogens (tertiary/aromatic N) is 1. The number of hydrogen-bond acceptors (Lipinski definition) is 5. The second-order valence-corrected chi connectivity index (χ2v) is 6.72. The Morgan fingerprint density at radius 1 is 1.16 bits per heavy atom. The predicted molar refractivity (Wildman–Crippen MR) is 101 cm³/mol. The molecule has 2 aromatic carbocycles. The number of benzene rings is 2. The zero-order chi connectivity index (χ0) is 17.8. The Balaban J connectivity index is 1.60. The molecular weight excluding hydrogens is 360 g/mol. The molecule has 1 amide bonds. The van der Waals surface area contributed by atoms with E-state index in [1.165, 1.54) is 11.3 Å². The van der Waals surface area contributed by atoms with Crippen LogP contribution in [0.2, 0.25) is 5.02 Å². The molecule has 1 heterocycles. The van der Waals surface area contributed by atoms with Gasteiger partial charge in [0.1, 0.15) is 11.5 Å². The van der Waals surface area contributed by atoms with Gasteiger partial charge in [0.25, 0.3) is 5.91 Å². The van der Waals surface area contributed by atoms with Gasteiger partial charge in [0.15, 0.2) is 11.7 Å². The topological polar surface area (TPSA) is 60.5 Å². The van der Waals surface area contributed by atoms with E-state index in [-0.39, 0.29) is 12.5 Å². The lowest BCUT2D eigenvalue weighted by Crippen LogP contribution is -2.19. The number of carbonyl (C=O) groups is 1. The predicted octanol–water partition coefficient (Wildman–Crippen LogP) is 4.67. The number of aromatic nitrogens is 1. The number of amides is 1. The molecule has 0 saturated carbocycles. The normalized spacial score (nSPS) is 10.7. The zero-order valence-electron chi connectivity index (χ0n) is 13.8. The van der Waals surface area contributed by atoms with Crippen molar-refractivity contribution in [3.05, 3.63) is 47.0 Å². The number of halogens is 1. The molecule has 0 aliphatic carbocycles. The van der Waals surface area contributed by atoms with E-state index in [1.54, 1.807) is 24.3 Å². The van der Waals surface area contributed by atoms with Crippen LogP contribution in [0.3, 0.4) is 0 Å². The summed E-state index contributed by atoms with van der Waals surface area (Å²) in [5.41, 5.74) is 1.71. The third-order valence-electron chi connectivity index (χ3n) is 3.50. The molecule has 0 saturated heterocycles. The highest BCUT2D eigenvalue weighted by Crippen LogP contribution is 2.31. The number of nitrogens with one attached hydrogen (secondary N) is 1. The minimum atomic E-state index is -0.267. The number of aryl methyl sites for hydroxylation is 1. The molecule has 0 unspecified atom stereocenters.